The minimum absolute atomic E-state index is 0.0139. The minimum Gasteiger partial charge on any atom is -0.378 e. The standard InChI is InChI=1S/C17H15ClN6O2/c1-10-3-2-4-13(9-10)21-17-22-15(19)14(24(25)26)16(23-17)20-12-7-5-11(18)6-8-12/h2-9H,1H3,(H4,19,20,21,22,23). The molecule has 3 rings (SSSR count). The number of benzene rings is 2. The summed E-state index contributed by atoms with van der Waals surface area (Å²) in [5.74, 6) is -0.105. The lowest BCUT2D eigenvalue weighted by molar-refractivity contribution is -0.383. The van der Waals surface area contributed by atoms with Gasteiger partial charge in [-0.25, -0.2) is 0 Å². The number of nitrogens with zero attached hydrogens (tertiary/aromatic N) is 3. The van der Waals surface area contributed by atoms with Crippen molar-refractivity contribution in [2.45, 2.75) is 6.92 Å². The average Bonchev–Trinajstić information content (AvgIpc) is 2.56. The zero-order valence-electron chi connectivity index (χ0n) is 13.7. The van der Waals surface area contributed by atoms with E-state index in [0.717, 1.165) is 11.3 Å². The topological polar surface area (TPSA) is 119 Å². The third-order valence-corrected chi connectivity index (χ3v) is 3.73. The molecule has 9 heteroatoms. The summed E-state index contributed by atoms with van der Waals surface area (Å²) < 4.78 is 0. The summed E-state index contributed by atoms with van der Waals surface area (Å²) in [5, 5.41) is 17.8. The van der Waals surface area contributed by atoms with E-state index in [2.05, 4.69) is 20.6 Å². The number of aromatic nitrogens is 2. The number of hydrogen-bond acceptors (Lipinski definition) is 7. The van der Waals surface area contributed by atoms with Gasteiger partial charge < -0.3 is 16.4 Å². The number of nitrogens with two attached hydrogens (primary N) is 1. The molecule has 0 bridgehead atoms. The van der Waals surface area contributed by atoms with Gasteiger partial charge in [-0.15, -0.1) is 0 Å². The number of nitro groups is 1. The van der Waals surface area contributed by atoms with E-state index in [0.29, 0.717) is 10.7 Å². The molecule has 8 nitrogen and oxygen atoms in total. The van der Waals surface area contributed by atoms with Gasteiger partial charge in [-0.2, -0.15) is 9.97 Å². The van der Waals surface area contributed by atoms with E-state index >= 15 is 0 Å². The second-order valence-corrected chi connectivity index (χ2v) is 5.95. The molecule has 3 aromatic rings. The highest BCUT2D eigenvalue weighted by atomic mass is 35.5. The molecule has 1 heterocycles. The monoisotopic (exact) mass is 370 g/mol. The minimum atomic E-state index is -0.621. The molecule has 0 saturated heterocycles. The van der Waals surface area contributed by atoms with Gasteiger partial charge in [-0.1, -0.05) is 23.7 Å². The summed E-state index contributed by atoms with van der Waals surface area (Å²) in [6, 6.07) is 14.2. The van der Waals surface area contributed by atoms with Gasteiger partial charge in [0.05, 0.1) is 4.92 Å². The smallest absolute Gasteiger partial charge is 0.353 e. The Balaban J connectivity index is 1.98. The van der Waals surface area contributed by atoms with Gasteiger partial charge in [0.25, 0.3) is 0 Å². The zero-order valence-corrected chi connectivity index (χ0v) is 14.5. The lowest BCUT2D eigenvalue weighted by Crippen LogP contribution is -2.08. The fraction of sp³-hybridized carbons (Fsp3) is 0.0588. The van der Waals surface area contributed by atoms with Crippen molar-refractivity contribution in [3.63, 3.8) is 0 Å². The predicted molar refractivity (Wildman–Crippen MR) is 102 cm³/mol. The number of aryl methyl sites for hydroxylation is 1. The molecule has 26 heavy (non-hydrogen) atoms. The van der Waals surface area contributed by atoms with Crippen molar-refractivity contribution in [2.24, 2.45) is 0 Å². The van der Waals surface area contributed by atoms with Gasteiger partial charge in [0.2, 0.25) is 17.6 Å². The molecule has 0 unspecified atom stereocenters. The van der Waals surface area contributed by atoms with Gasteiger partial charge in [-0.05, 0) is 48.9 Å². The molecule has 0 saturated carbocycles. The van der Waals surface area contributed by atoms with Crippen LogP contribution in [0, 0.1) is 17.0 Å². The van der Waals surface area contributed by atoms with E-state index in [-0.39, 0.29) is 17.6 Å². The first-order chi connectivity index (χ1) is 12.4. The quantitative estimate of drug-likeness (QED) is 0.449. The summed E-state index contributed by atoms with van der Waals surface area (Å²) in [7, 11) is 0. The lowest BCUT2D eigenvalue weighted by Gasteiger charge is -2.11. The van der Waals surface area contributed by atoms with Crippen LogP contribution in [0.3, 0.4) is 0 Å². The largest absolute Gasteiger partial charge is 0.378 e. The first-order valence-electron chi connectivity index (χ1n) is 7.60. The molecule has 0 radical (unpaired) electrons. The Bertz CT molecular complexity index is 962. The van der Waals surface area contributed by atoms with Crippen LogP contribution in [0.15, 0.2) is 48.5 Å². The van der Waals surface area contributed by atoms with Crippen LogP contribution in [-0.2, 0) is 0 Å². The Morgan fingerprint density at radius 1 is 1.08 bits per heavy atom. The molecule has 1 aromatic heterocycles. The molecule has 0 aliphatic carbocycles. The van der Waals surface area contributed by atoms with Crippen LogP contribution in [0.2, 0.25) is 5.02 Å². The molecule has 0 atom stereocenters. The van der Waals surface area contributed by atoms with Crippen molar-refractivity contribution in [2.75, 3.05) is 16.4 Å². The normalized spacial score (nSPS) is 10.4. The highest BCUT2D eigenvalue weighted by molar-refractivity contribution is 6.30. The molecule has 0 spiro atoms. The summed E-state index contributed by atoms with van der Waals surface area (Å²) in [6.45, 7) is 1.95. The van der Waals surface area contributed by atoms with Crippen LogP contribution < -0.4 is 16.4 Å². The van der Waals surface area contributed by atoms with Crippen LogP contribution in [0.5, 0.6) is 0 Å². The van der Waals surface area contributed by atoms with Gasteiger partial charge >= 0.3 is 5.69 Å². The van der Waals surface area contributed by atoms with Crippen LogP contribution >= 0.6 is 11.6 Å². The molecule has 4 N–H and O–H groups in total. The number of halogens is 1. The molecular formula is C17H15ClN6O2. The first-order valence-corrected chi connectivity index (χ1v) is 7.98. The summed E-state index contributed by atoms with van der Waals surface area (Å²) >= 11 is 5.86. The maximum atomic E-state index is 11.4. The second kappa shape index (κ2) is 7.24. The maximum absolute atomic E-state index is 11.4. The van der Waals surface area contributed by atoms with Crippen LogP contribution in [0.1, 0.15) is 5.56 Å². The fourth-order valence-electron chi connectivity index (χ4n) is 2.32. The number of nitrogen functional groups attached to an aromatic ring is 1. The fourth-order valence-corrected chi connectivity index (χ4v) is 2.44. The van der Waals surface area contributed by atoms with Gasteiger partial charge in [0.1, 0.15) is 0 Å². The van der Waals surface area contributed by atoms with Crippen LogP contribution in [0.25, 0.3) is 0 Å². The molecule has 0 aliphatic heterocycles. The highest BCUT2D eigenvalue weighted by Crippen LogP contribution is 2.32. The lowest BCUT2D eigenvalue weighted by atomic mass is 10.2. The van der Waals surface area contributed by atoms with E-state index in [1.54, 1.807) is 24.3 Å². The van der Waals surface area contributed by atoms with E-state index < -0.39 is 10.6 Å². The third kappa shape index (κ3) is 3.98. The van der Waals surface area contributed by atoms with Crippen LogP contribution in [-0.4, -0.2) is 14.9 Å². The zero-order chi connectivity index (χ0) is 18.7. The van der Waals surface area contributed by atoms with E-state index in [1.165, 1.54) is 0 Å². The Morgan fingerprint density at radius 3 is 2.46 bits per heavy atom. The second-order valence-electron chi connectivity index (χ2n) is 5.51. The average molecular weight is 371 g/mol. The molecule has 132 valence electrons. The van der Waals surface area contributed by atoms with Crippen molar-refractivity contribution in [3.8, 4) is 0 Å². The molecular weight excluding hydrogens is 356 g/mol. The SMILES string of the molecule is Cc1cccc(Nc2nc(N)c([N+](=O)[O-])c(Nc3ccc(Cl)cc3)n2)c1. The highest BCUT2D eigenvalue weighted by Gasteiger charge is 2.23. The summed E-state index contributed by atoms with van der Waals surface area (Å²) in [6.07, 6.45) is 0. The Morgan fingerprint density at radius 2 is 1.81 bits per heavy atom. The molecule has 2 aromatic carbocycles. The van der Waals surface area contributed by atoms with Crippen molar-refractivity contribution >= 4 is 46.2 Å². The summed E-state index contributed by atoms with van der Waals surface area (Å²) in [5.41, 5.74) is 7.77. The Kier molecular flexibility index (Phi) is 4.85. The van der Waals surface area contributed by atoms with E-state index in [4.69, 9.17) is 17.3 Å². The van der Waals surface area contributed by atoms with E-state index in [9.17, 15) is 10.1 Å². The van der Waals surface area contributed by atoms with Gasteiger partial charge in [-0.3, -0.25) is 10.1 Å². The van der Waals surface area contributed by atoms with Gasteiger partial charge in [0.15, 0.2) is 0 Å². The van der Waals surface area contributed by atoms with Crippen molar-refractivity contribution in [1.29, 1.82) is 0 Å². The number of hydrogen-bond donors (Lipinski definition) is 3. The Hall–Kier alpha value is -3.39. The van der Waals surface area contributed by atoms with Gasteiger partial charge in [0, 0.05) is 16.4 Å². The number of nitrogens with one attached hydrogen (secondary N) is 2. The van der Waals surface area contributed by atoms with Crippen molar-refractivity contribution in [1.82, 2.24) is 9.97 Å². The molecule has 0 fully saturated rings. The van der Waals surface area contributed by atoms with Crippen molar-refractivity contribution in [3.05, 3.63) is 69.2 Å². The number of anilines is 5. The van der Waals surface area contributed by atoms with E-state index in [1.807, 2.05) is 31.2 Å². The molecule has 0 aliphatic rings. The van der Waals surface area contributed by atoms with Crippen LogP contribution in [0.4, 0.5) is 34.6 Å². The first kappa shape index (κ1) is 17.4. The van der Waals surface area contributed by atoms with Crippen molar-refractivity contribution < 1.29 is 4.92 Å². The summed E-state index contributed by atoms with van der Waals surface area (Å²) in [4.78, 5) is 18.9. The maximum Gasteiger partial charge on any atom is 0.353 e. The Labute approximate surface area is 154 Å². The number of rotatable bonds is 5. The third-order valence-electron chi connectivity index (χ3n) is 3.47. The predicted octanol–water partition coefficient (Wildman–Crippen LogP) is 4.42. The molecule has 0 amide bonds.